The number of aliphatic hydroxyl groups excluding tert-OH is 1. The summed E-state index contributed by atoms with van der Waals surface area (Å²) in [5, 5.41) is 12.5. The molecule has 0 amide bonds. The molecule has 2 aromatic rings. The van der Waals surface area contributed by atoms with Crippen LogP contribution in [0.5, 0.6) is 0 Å². The van der Waals surface area contributed by atoms with Crippen molar-refractivity contribution < 1.29 is 5.11 Å². The van der Waals surface area contributed by atoms with E-state index < -0.39 is 6.10 Å². The molecule has 2 rings (SSSR count). The Morgan fingerprint density at radius 3 is 2.80 bits per heavy atom. The van der Waals surface area contributed by atoms with Crippen LogP contribution in [0.1, 0.15) is 22.1 Å². The zero-order chi connectivity index (χ0) is 10.8. The summed E-state index contributed by atoms with van der Waals surface area (Å²) in [6.45, 7) is 1.95. The van der Waals surface area contributed by atoms with E-state index in [1.807, 2.05) is 18.4 Å². The number of aliphatic hydroxyl groups is 1. The fourth-order valence-corrected chi connectivity index (χ4v) is 2.46. The molecule has 0 aliphatic heterocycles. The highest BCUT2D eigenvalue weighted by atomic mass is 35.5. The van der Waals surface area contributed by atoms with Crippen molar-refractivity contribution in [1.82, 2.24) is 4.98 Å². The van der Waals surface area contributed by atoms with Gasteiger partial charge in [0, 0.05) is 28.2 Å². The van der Waals surface area contributed by atoms with Crippen LogP contribution in [0, 0.1) is 6.92 Å². The van der Waals surface area contributed by atoms with E-state index in [0.717, 1.165) is 16.0 Å². The monoisotopic (exact) mass is 239 g/mol. The van der Waals surface area contributed by atoms with Gasteiger partial charge < -0.3 is 5.11 Å². The van der Waals surface area contributed by atoms with Crippen molar-refractivity contribution in [1.29, 1.82) is 0 Å². The van der Waals surface area contributed by atoms with Crippen molar-refractivity contribution in [2.24, 2.45) is 0 Å². The highest BCUT2D eigenvalue weighted by Crippen LogP contribution is 2.29. The van der Waals surface area contributed by atoms with Crippen LogP contribution in [0.3, 0.4) is 0 Å². The first-order valence-electron chi connectivity index (χ1n) is 4.50. The molecule has 0 aliphatic carbocycles. The van der Waals surface area contributed by atoms with Crippen LogP contribution in [-0.2, 0) is 0 Å². The molecule has 0 aliphatic rings. The number of aromatic nitrogens is 1. The Morgan fingerprint density at radius 1 is 1.40 bits per heavy atom. The van der Waals surface area contributed by atoms with Crippen molar-refractivity contribution in [3.05, 3.63) is 50.9 Å². The predicted octanol–water partition coefficient (Wildman–Crippen LogP) is 3.19. The van der Waals surface area contributed by atoms with E-state index in [-0.39, 0.29) is 0 Å². The second kappa shape index (κ2) is 4.31. The van der Waals surface area contributed by atoms with Crippen molar-refractivity contribution in [2.45, 2.75) is 13.0 Å². The quantitative estimate of drug-likeness (QED) is 0.873. The van der Waals surface area contributed by atoms with Gasteiger partial charge in [-0.3, -0.25) is 4.98 Å². The third-order valence-electron chi connectivity index (χ3n) is 2.07. The molecule has 15 heavy (non-hydrogen) atoms. The van der Waals surface area contributed by atoms with Gasteiger partial charge in [0.1, 0.15) is 6.10 Å². The van der Waals surface area contributed by atoms with Crippen molar-refractivity contribution in [3.8, 4) is 0 Å². The minimum absolute atomic E-state index is 0.630. The lowest BCUT2D eigenvalue weighted by Crippen LogP contribution is -1.98. The van der Waals surface area contributed by atoms with E-state index in [1.54, 1.807) is 18.5 Å². The molecule has 0 aromatic carbocycles. The van der Waals surface area contributed by atoms with Gasteiger partial charge in [0.25, 0.3) is 0 Å². The molecule has 0 radical (unpaired) electrons. The Bertz CT molecular complexity index is 469. The van der Waals surface area contributed by atoms with Crippen LogP contribution in [-0.4, -0.2) is 10.1 Å². The smallest absolute Gasteiger partial charge is 0.115 e. The molecular formula is C11H10ClNOS. The number of pyridine rings is 1. The van der Waals surface area contributed by atoms with Gasteiger partial charge in [-0.05, 0) is 18.6 Å². The normalized spacial score (nSPS) is 12.7. The summed E-state index contributed by atoms with van der Waals surface area (Å²) in [7, 11) is 0. The van der Waals surface area contributed by atoms with Crippen LogP contribution in [0.15, 0.2) is 29.9 Å². The summed E-state index contributed by atoms with van der Waals surface area (Å²) in [6, 6.07) is 3.70. The van der Waals surface area contributed by atoms with Gasteiger partial charge in [-0.25, -0.2) is 0 Å². The summed E-state index contributed by atoms with van der Waals surface area (Å²) in [6.07, 6.45) is 2.80. The molecule has 0 bridgehead atoms. The van der Waals surface area contributed by atoms with Gasteiger partial charge in [-0.2, -0.15) is 0 Å². The van der Waals surface area contributed by atoms with Crippen LogP contribution >= 0.6 is 22.9 Å². The first-order chi connectivity index (χ1) is 7.16. The highest BCUT2D eigenvalue weighted by molar-refractivity contribution is 7.10. The predicted molar refractivity (Wildman–Crippen MR) is 62.4 cm³/mol. The molecule has 0 saturated heterocycles. The lowest BCUT2D eigenvalue weighted by molar-refractivity contribution is 0.223. The number of hydrogen-bond donors (Lipinski definition) is 1. The van der Waals surface area contributed by atoms with E-state index in [9.17, 15) is 5.11 Å². The number of hydrogen-bond acceptors (Lipinski definition) is 3. The molecule has 1 atom stereocenters. The van der Waals surface area contributed by atoms with Gasteiger partial charge in [0.15, 0.2) is 0 Å². The summed E-state index contributed by atoms with van der Waals surface area (Å²) >= 11 is 7.26. The molecule has 78 valence electrons. The standard InChI is InChI=1S/C11H10ClNOS/c1-7-2-8(5-13-4-7)11(14)10-3-9(12)6-15-10/h2-6,11,14H,1H3. The molecule has 0 saturated carbocycles. The van der Waals surface area contributed by atoms with Gasteiger partial charge >= 0.3 is 0 Å². The van der Waals surface area contributed by atoms with Gasteiger partial charge in [-0.15, -0.1) is 11.3 Å². The van der Waals surface area contributed by atoms with Crippen LogP contribution in [0.4, 0.5) is 0 Å². The third kappa shape index (κ3) is 2.37. The number of aryl methyl sites for hydroxylation is 1. The minimum atomic E-state index is -0.630. The van der Waals surface area contributed by atoms with E-state index >= 15 is 0 Å². The molecule has 4 heteroatoms. The Kier molecular flexibility index (Phi) is 3.05. The van der Waals surface area contributed by atoms with Gasteiger partial charge in [-0.1, -0.05) is 17.7 Å². The summed E-state index contributed by atoms with van der Waals surface area (Å²) in [5.74, 6) is 0. The molecule has 1 N–H and O–H groups in total. The largest absolute Gasteiger partial charge is 0.383 e. The van der Waals surface area contributed by atoms with E-state index in [0.29, 0.717) is 5.02 Å². The Balaban J connectivity index is 2.32. The zero-order valence-corrected chi connectivity index (χ0v) is 9.72. The lowest BCUT2D eigenvalue weighted by atomic mass is 10.1. The van der Waals surface area contributed by atoms with Crippen molar-refractivity contribution >= 4 is 22.9 Å². The Labute approximate surface area is 97.2 Å². The van der Waals surface area contributed by atoms with Gasteiger partial charge in [0.2, 0.25) is 0 Å². The maximum Gasteiger partial charge on any atom is 0.115 e. The van der Waals surface area contributed by atoms with Crippen molar-refractivity contribution in [2.75, 3.05) is 0 Å². The molecule has 0 spiro atoms. The SMILES string of the molecule is Cc1cncc(C(O)c2cc(Cl)cs2)c1. The minimum Gasteiger partial charge on any atom is -0.383 e. The fraction of sp³-hybridized carbons (Fsp3) is 0.182. The lowest BCUT2D eigenvalue weighted by Gasteiger charge is -2.08. The molecule has 0 fully saturated rings. The maximum absolute atomic E-state index is 10.0. The van der Waals surface area contributed by atoms with Crippen molar-refractivity contribution in [3.63, 3.8) is 0 Å². The van der Waals surface area contributed by atoms with Gasteiger partial charge in [0.05, 0.1) is 5.02 Å². The first kappa shape index (κ1) is 10.6. The van der Waals surface area contributed by atoms with E-state index in [1.165, 1.54) is 11.3 Å². The Hall–Kier alpha value is -0.900. The van der Waals surface area contributed by atoms with Crippen LogP contribution in [0.25, 0.3) is 0 Å². The topological polar surface area (TPSA) is 33.1 Å². The van der Waals surface area contributed by atoms with E-state index in [4.69, 9.17) is 11.6 Å². The van der Waals surface area contributed by atoms with E-state index in [2.05, 4.69) is 4.98 Å². The second-order valence-electron chi connectivity index (χ2n) is 3.37. The summed E-state index contributed by atoms with van der Waals surface area (Å²) in [4.78, 5) is 4.89. The molecule has 2 aromatic heterocycles. The highest BCUT2D eigenvalue weighted by Gasteiger charge is 2.12. The first-order valence-corrected chi connectivity index (χ1v) is 5.76. The van der Waals surface area contributed by atoms with Crippen LogP contribution < -0.4 is 0 Å². The molecular weight excluding hydrogens is 230 g/mol. The number of halogens is 1. The fourth-order valence-electron chi connectivity index (χ4n) is 1.36. The number of rotatable bonds is 2. The number of thiophene rings is 1. The third-order valence-corrected chi connectivity index (χ3v) is 3.40. The average Bonchev–Trinajstić information content (AvgIpc) is 2.64. The summed E-state index contributed by atoms with van der Waals surface area (Å²) < 4.78 is 0. The second-order valence-corrected chi connectivity index (χ2v) is 4.74. The summed E-state index contributed by atoms with van der Waals surface area (Å²) in [5.41, 5.74) is 1.84. The molecule has 1 unspecified atom stereocenters. The molecule has 2 heterocycles. The zero-order valence-electron chi connectivity index (χ0n) is 8.14. The Morgan fingerprint density at radius 2 is 2.20 bits per heavy atom. The maximum atomic E-state index is 10.0. The van der Waals surface area contributed by atoms with Crippen LogP contribution in [0.2, 0.25) is 5.02 Å². The number of nitrogens with zero attached hydrogens (tertiary/aromatic N) is 1. The molecule has 2 nitrogen and oxygen atoms in total. The average molecular weight is 240 g/mol.